The van der Waals surface area contributed by atoms with Gasteiger partial charge in [0.25, 0.3) is 0 Å². The fraction of sp³-hybridized carbons (Fsp3) is 0.500. The summed E-state index contributed by atoms with van der Waals surface area (Å²) in [6.07, 6.45) is 7.13. The number of carbonyl (C=O) groups is 1. The van der Waals surface area contributed by atoms with E-state index in [1.54, 1.807) is 18.6 Å². The molecule has 1 atom stereocenters. The highest BCUT2D eigenvalue weighted by molar-refractivity contribution is 7.13. The molecule has 1 aliphatic heterocycles. The lowest BCUT2D eigenvalue weighted by Gasteiger charge is -2.29. The van der Waals surface area contributed by atoms with E-state index < -0.39 is 0 Å². The number of aliphatic hydroxyl groups is 1. The number of piperidine rings is 1. The number of aliphatic hydroxyl groups excluding tert-OH is 1. The number of likely N-dealkylation sites (tertiary alicyclic amines) is 1. The Balaban J connectivity index is 1.42. The molecule has 24 heavy (non-hydrogen) atoms. The van der Waals surface area contributed by atoms with E-state index in [-0.39, 0.29) is 12.0 Å². The maximum atomic E-state index is 12.0. The number of amides is 1. The Kier molecular flexibility index (Phi) is 5.84. The van der Waals surface area contributed by atoms with Gasteiger partial charge in [0.05, 0.1) is 24.5 Å². The monoisotopic (exact) mass is 347 g/mol. The number of rotatable bonds is 6. The lowest BCUT2D eigenvalue weighted by atomic mass is 10.1. The largest absolute Gasteiger partial charge is 0.392 e. The molecule has 0 aliphatic carbocycles. The van der Waals surface area contributed by atoms with Crippen LogP contribution in [-0.2, 0) is 11.2 Å². The third kappa shape index (κ3) is 4.80. The van der Waals surface area contributed by atoms with Gasteiger partial charge in [-0.3, -0.25) is 19.7 Å². The van der Waals surface area contributed by atoms with E-state index in [9.17, 15) is 9.90 Å². The summed E-state index contributed by atoms with van der Waals surface area (Å²) in [5.41, 5.74) is 1.70. The zero-order chi connectivity index (χ0) is 16.8. The van der Waals surface area contributed by atoms with Crippen LogP contribution < -0.4 is 5.32 Å². The van der Waals surface area contributed by atoms with Crippen LogP contribution in [0.15, 0.2) is 24.0 Å². The molecule has 2 aromatic rings. The maximum absolute atomic E-state index is 12.0. The van der Waals surface area contributed by atoms with Crippen molar-refractivity contribution in [3.63, 3.8) is 0 Å². The fourth-order valence-electron chi connectivity index (χ4n) is 2.71. The number of thiazole rings is 1. The molecular weight excluding hydrogens is 326 g/mol. The molecule has 1 aliphatic rings. The Hall–Kier alpha value is -1.90. The number of carbonyl (C=O) groups excluding carboxylic acids is 1. The molecule has 2 N–H and O–H groups in total. The Morgan fingerprint density at radius 3 is 3.17 bits per heavy atom. The molecule has 0 bridgehead atoms. The maximum Gasteiger partial charge on any atom is 0.234 e. The van der Waals surface area contributed by atoms with E-state index in [0.717, 1.165) is 35.8 Å². The average molecular weight is 347 g/mol. The van der Waals surface area contributed by atoms with Crippen LogP contribution in [0.2, 0.25) is 0 Å². The van der Waals surface area contributed by atoms with E-state index in [0.29, 0.717) is 26.1 Å². The van der Waals surface area contributed by atoms with E-state index in [1.807, 2.05) is 10.3 Å². The minimum absolute atomic E-state index is 0.00604. The molecule has 1 amide bonds. The van der Waals surface area contributed by atoms with Crippen LogP contribution in [0, 0.1) is 0 Å². The second-order valence-electron chi connectivity index (χ2n) is 5.87. The van der Waals surface area contributed by atoms with Crippen molar-refractivity contribution in [2.24, 2.45) is 0 Å². The van der Waals surface area contributed by atoms with Gasteiger partial charge in [0.15, 0.2) is 0 Å². The second-order valence-corrected chi connectivity index (χ2v) is 6.72. The van der Waals surface area contributed by atoms with E-state index in [1.165, 1.54) is 11.3 Å². The summed E-state index contributed by atoms with van der Waals surface area (Å²) >= 11 is 1.53. The third-order valence-electron chi connectivity index (χ3n) is 3.89. The first-order valence-electron chi connectivity index (χ1n) is 8.08. The summed E-state index contributed by atoms with van der Waals surface area (Å²) in [4.78, 5) is 26.8. The molecule has 128 valence electrons. The predicted octanol–water partition coefficient (Wildman–Crippen LogP) is 0.716. The summed E-state index contributed by atoms with van der Waals surface area (Å²) in [6.45, 7) is 2.36. The Bertz CT molecular complexity index is 663. The molecule has 1 saturated heterocycles. The van der Waals surface area contributed by atoms with Crippen molar-refractivity contribution < 1.29 is 9.90 Å². The van der Waals surface area contributed by atoms with Crippen molar-refractivity contribution in [3.8, 4) is 10.7 Å². The molecule has 2 aromatic heterocycles. The SMILES string of the molecule is O=C(CN1CCCC(O)C1)NCCc1csc(-c2cnccn2)n1. The van der Waals surface area contributed by atoms with Crippen molar-refractivity contribution in [1.82, 2.24) is 25.2 Å². The van der Waals surface area contributed by atoms with Gasteiger partial charge in [0.2, 0.25) is 5.91 Å². The normalized spacial score (nSPS) is 18.5. The third-order valence-corrected chi connectivity index (χ3v) is 4.80. The molecular formula is C16H21N5O2S. The van der Waals surface area contributed by atoms with Crippen LogP contribution in [0.4, 0.5) is 0 Å². The van der Waals surface area contributed by atoms with Crippen molar-refractivity contribution in [1.29, 1.82) is 0 Å². The first-order valence-corrected chi connectivity index (χ1v) is 8.96. The van der Waals surface area contributed by atoms with E-state index in [2.05, 4.69) is 20.3 Å². The van der Waals surface area contributed by atoms with Gasteiger partial charge < -0.3 is 10.4 Å². The Morgan fingerprint density at radius 1 is 1.46 bits per heavy atom. The first-order chi connectivity index (χ1) is 11.7. The quantitative estimate of drug-likeness (QED) is 0.800. The van der Waals surface area contributed by atoms with Crippen LogP contribution >= 0.6 is 11.3 Å². The number of aromatic nitrogens is 3. The van der Waals surface area contributed by atoms with Gasteiger partial charge in [0.1, 0.15) is 10.7 Å². The van der Waals surface area contributed by atoms with Gasteiger partial charge in [-0.05, 0) is 19.4 Å². The number of β-amino-alcohol motifs (C(OH)–C–C–N with tert-alkyl or cyclic N) is 1. The zero-order valence-electron chi connectivity index (χ0n) is 13.4. The standard InChI is InChI=1S/C16H21N5O2S/c22-13-2-1-7-21(9-13)10-15(23)19-4-3-12-11-24-16(20-12)14-8-17-5-6-18-14/h5-6,8,11,13,22H,1-4,7,9-10H2,(H,19,23). The van der Waals surface area contributed by atoms with Gasteiger partial charge in [-0.25, -0.2) is 4.98 Å². The van der Waals surface area contributed by atoms with Crippen LogP contribution in [0.1, 0.15) is 18.5 Å². The van der Waals surface area contributed by atoms with Gasteiger partial charge in [-0.2, -0.15) is 0 Å². The van der Waals surface area contributed by atoms with Gasteiger partial charge in [-0.15, -0.1) is 11.3 Å². The van der Waals surface area contributed by atoms with E-state index >= 15 is 0 Å². The molecule has 0 aromatic carbocycles. The zero-order valence-corrected chi connectivity index (χ0v) is 14.2. The smallest absolute Gasteiger partial charge is 0.234 e. The molecule has 8 heteroatoms. The van der Waals surface area contributed by atoms with Crippen LogP contribution in [0.25, 0.3) is 10.7 Å². The number of nitrogens with one attached hydrogen (secondary N) is 1. The van der Waals surface area contributed by atoms with Crippen molar-refractivity contribution in [2.75, 3.05) is 26.2 Å². The Labute approximate surface area is 144 Å². The average Bonchev–Trinajstić information content (AvgIpc) is 3.04. The summed E-state index contributed by atoms with van der Waals surface area (Å²) in [7, 11) is 0. The summed E-state index contributed by atoms with van der Waals surface area (Å²) in [6, 6.07) is 0. The number of hydrogen-bond donors (Lipinski definition) is 2. The highest BCUT2D eigenvalue weighted by Crippen LogP contribution is 2.20. The second kappa shape index (κ2) is 8.27. The molecule has 1 unspecified atom stereocenters. The molecule has 7 nitrogen and oxygen atoms in total. The molecule has 0 radical (unpaired) electrons. The molecule has 3 rings (SSSR count). The van der Waals surface area contributed by atoms with Crippen molar-refractivity contribution >= 4 is 17.2 Å². The summed E-state index contributed by atoms with van der Waals surface area (Å²) < 4.78 is 0. The van der Waals surface area contributed by atoms with Crippen LogP contribution in [0.3, 0.4) is 0 Å². The topological polar surface area (TPSA) is 91.2 Å². The van der Waals surface area contributed by atoms with E-state index in [4.69, 9.17) is 0 Å². The predicted molar refractivity (Wildman–Crippen MR) is 91.5 cm³/mol. The highest BCUT2D eigenvalue weighted by Gasteiger charge is 2.19. The highest BCUT2D eigenvalue weighted by atomic mass is 32.1. The number of hydrogen-bond acceptors (Lipinski definition) is 7. The van der Waals surface area contributed by atoms with Gasteiger partial charge >= 0.3 is 0 Å². The van der Waals surface area contributed by atoms with Crippen molar-refractivity contribution in [2.45, 2.75) is 25.4 Å². The molecule has 1 fully saturated rings. The van der Waals surface area contributed by atoms with Crippen molar-refractivity contribution in [3.05, 3.63) is 29.7 Å². The first kappa shape index (κ1) is 16.9. The van der Waals surface area contributed by atoms with Gasteiger partial charge in [0, 0.05) is 37.3 Å². The minimum atomic E-state index is -0.305. The summed E-state index contributed by atoms with van der Waals surface area (Å²) in [5.74, 6) is -0.00604. The number of nitrogens with zero attached hydrogens (tertiary/aromatic N) is 4. The van der Waals surface area contributed by atoms with Gasteiger partial charge in [-0.1, -0.05) is 0 Å². The van der Waals surface area contributed by atoms with Crippen LogP contribution in [0.5, 0.6) is 0 Å². The molecule has 3 heterocycles. The lowest BCUT2D eigenvalue weighted by molar-refractivity contribution is -0.122. The Morgan fingerprint density at radius 2 is 2.38 bits per heavy atom. The summed E-state index contributed by atoms with van der Waals surface area (Å²) in [5, 5.41) is 15.4. The van der Waals surface area contributed by atoms with Crippen LogP contribution in [-0.4, -0.2) is 63.1 Å². The minimum Gasteiger partial charge on any atom is -0.392 e. The molecule has 0 spiro atoms. The lowest BCUT2D eigenvalue weighted by Crippen LogP contribution is -2.44. The fourth-order valence-corrected chi connectivity index (χ4v) is 3.53. The molecule has 0 saturated carbocycles.